The zero-order chi connectivity index (χ0) is 13.3. The van der Waals surface area contributed by atoms with Crippen molar-refractivity contribution in [3.05, 3.63) is 41.6 Å². The highest BCUT2D eigenvalue weighted by atomic mass is 35.5. The van der Waals surface area contributed by atoms with Crippen LogP contribution in [0.15, 0.2) is 30.3 Å². The second-order valence-corrected chi connectivity index (χ2v) is 3.86. The van der Waals surface area contributed by atoms with E-state index >= 15 is 0 Å². The Morgan fingerprint density at radius 3 is 2.28 bits per heavy atom. The van der Waals surface area contributed by atoms with Crippen molar-refractivity contribution in [2.24, 2.45) is 0 Å². The molecular formula is C11H6ClF3N2O. The molecule has 7 heteroatoms. The van der Waals surface area contributed by atoms with Crippen molar-refractivity contribution in [3.63, 3.8) is 0 Å². The number of benzene rings is 1. The van der Waals surface area contributed by atoms with Gasteiger partial charge in [-0.1, -0.05) is 12.1 Å². The van der Waals surface area contributed by atoms with Crippen LogP contribution >= 0.6 is 11.6 Å². The third-order valence-electron chi connectivity index (χ3n) is 2.29. The smallest absolute Gasteiger partial charge is 0.276 e. The number of nitrogens with one attached hydrogen (secondary N) is 1. The lowest BCUT2D eigenvalue weighted by Crippen LogP contribution is -2.04. The van der Waals surface area contributed by atoms with E-state index in [-0.39, 0.29) is 11.3 Å². The lowest BCUT2D eigenvalue weighted by Gasteiger charge is -2.00. The molecular weight excluding hydrogens is 269 g/mol. The van der Waals surface area contributed by atoms with Crippen LogP contribution in [-0.4, -0.2) is 15.4 Å². The fourth-order valence-corrected chi connectivity index (χ4v) is 1.51. The van der Waals surface area contributed by atoms with Crippen LogP contribution in [0.5, 0.6) is 0 Å². The Kier molecular flexibility index (Phi) is 3.13. The van der Waals surface area contributed by atoms with E-state index in [9.17, 15) is 18.0 Å². The van der Waals surface area contributed by atoms with Crippen molar-refractivity contribution >= 4 is 16.8 Å². The number of alkyl halides is 3. The molecule has 0 unspecified atom stereocenters. The number of nitrogens with zero attached hydrogens (tertiary/aromatic N) is 1. The van der Waals surface area contributed by atoms with E-state index in [0.717, 1.165) is 6.07 Å². The number of carbonyl (C=O) groups excluding carboxylic acids is 1. The second-order valence-electron chi connectivity index (χ2n) is 3.52. The number of hydrogen-bond donors (Lipinski definition) is 1. The van der Waals surface area contributed by atoms with Gasteiger partial charge in [-0.15, -0.1) is 0 Å². The Labute approximate surface area is 105 Å². The molecule has 0 atom stereocenters. The van der Waals surface area contributed by atoms with Gasteiger partial charge in [0, 0.05) is 11.1 Å². The maximum atomic E-state index is 12.4. The van der Waals surface area contributed by atoms with E-state index in [2.05, 4.69) is 5.10 Å². The van der Waals surface area contributed by atoms with E-state index in [1.807, 2.05) is 5.10 Å². The summed E-state index contributed by atoms with van der Waals surface area (Å²) in [6.45, 7) is 0. The van der Waals surface area contributed by atoms with Crippen molar-refractivity contribution in [3.8, 4) is 11.3 Å². The van der Waals surface area contributed by atoms with Gasteiger partial charge in [-0.2, -0.15) is 18.3 Å². The lowest BCUT2D eigenvalue weighted by molar-refractivity contribution is -0.141. The van der Waals surface area contributed by atoms with Crippen LogP contribution in [0.2, 0.25) is 0 Å². The molecule has 18 heavy (non-hydrogen) atoms. The molecule has 0 radical (unpaired) electrons. The first-order valence-electron chi connectivity index (χ1n) is 4.81. The van der Waals surface area contributed by atoms with E-state index in [4.69, 9.17) is 11.6 Å². The molecule has 1 aromatic carbocycles. The fraction of sp³-hybridized carbons (Fsp3) is 0.0909. The van der Waals surface area contributed by atoms with Gasteiger partial charge in [0.15, 0.2) is 0 Å². The summed E-state index contributed by atoms with van der Waals surface area (Å²) < 4.78 is 37.1. The molecule has 1 N–H and O–H groups in total. The predicted molar refractivity (Wildman–Crippen MR) is 59.2 cm³/mol. The number of hydrogen-bond acceptors (Lipinski definition) is 2. The zero-order valence-electron chi connectivity index (χ0n) is 8.75. The summed E-state index contributed by atoms with van der Waals surface area (Å²) in [5.41, 5.74) is -0.0405. The molecule has 0 aliphatic rings. The van der Waals surface area contributed by atoms with Gasteiger partial charge in [0.2, 0.25) is 0 Å². The monoisotopic (exact) mass is 274 g/mol. The average molecular weight is 275 g/mol. The minimum Gasteiger partial charge on any atom is -0.276 e. The SMILES string of the molecule is O=C(Cl)c1ccc(-c2cc(C(F)(F)F)[nH]n2)cc1. The minimum atomic E-state index is -4.46. The number of aromatic nitrogens is 2. The zero-order valence-corrected chi connectivity index (χ0v) is 9.51. The molecule has 0 aliphatic heterocycles. The molecule has 0 aliphatic carbocycles. The number of halogens is 4. The Bertz CT molecular complexity index is 575. The summed E-state index contributed by atoms with van der Waals surface area (Å²) in [7, 11) is 0. The van der Waals surface area contributed by atoms with Gasteiger partial charge in [-0.25, -0.2) is 0 Å². The number of rotatable bonds is 2. The van der Waals surface area contributed by atoms with Crippen LogP contribution in [0.4, 0.5) is 13.2 Å². The molecule has 0 bridgehead atoms. The molecule has 0 saturated carbocycles. The molecule has 1 heterocycles. The minimum absolute atomic E-state index is 0.149. The summed E-state index contributed by atoms with van der Waals surface area (Å²) in [5.74, 6) is 0. The normalized spacial score (nSPS) is 11.6. The van der Waals surface area contributed by atoms with Gasteiger partial charge in [0.1, 0.15) is 5.69 Å². The Balaban J connectivity index is 2.32. The van der Waals surface area contributed by atoms with Crippen molar-refractivity contribution < 1.29 is 18.0 Å². The molecule has 0 amide bonds. The highest BCUT2D eigenvalue weighted by Gasteiger charge is 2.33. The fourth-order valence-electron chi connectivity index (χ4n) is 1.39. The van der Waals surface area contributed by atoms with Crippen molar-refractivity contribution in [1.82, 2.24) is 10.2 Å². The number of aromatic amines is 1. The van der Waals surface area contributed by atoms with Gasteiger partial charge in [-0.3, -0.25) is 9.89 Å². The molecule has 3 nitrogen and oxygen atoms in total. The van der Waals surface area contributed by atoms with Crippen LogP contribution in [0.25, 0.3) is 11.3 Å². The molecule has 0 saturated heterocycles. The Morgan fingerprint density at radius 1 is 1.22 bits per heavy atom. The molecule has 0 fully saturated rings. The third kappa shape index (κ3) is 2.53. The molecule has 94 valence electrons. The van der Waals surface area contributed by atoms with E-state index in [1.54, 1.807) is 0 Å². The summed E-state index contributed by atoms with van der Waals surface area (Å²) in [4.78, 5) is 10.8. The van der Waals surface area contributed by atoms with Crippen molar-refractivity contribution in [2.45, 2.75) is 6.18 Å². The van der Waals surface area contributed by atoms with Crippen LogP contribution in [0, 0.1) is 0 Å². The third-order valence-corrected chi connectivity index (χ3v) is 2.51. The van der Waals surface area contributed by atoms with Gasteiger partial charge >= 0.3 is 6.18 Å². The van der Waals surface area contributed by atoms with Gasteiger partial charge in [-0.05, 0) is 29.8 Å². The molecule has 2 rings (SSSR count). The highest BCUT2D eigenvalue weighted by Crippen LogP contribution is 2.30. The van der Waals surface area contributed by atoms with Crippen molar-refractivity contribution in [1.29, 1.82) is 0 Å². The molecule has 1 aromatic heterocycles. The van der Waals surface area contributed by atoms with Gasteiger partial charge < -0.3 is 0 Å². The van der Waals surface area contributed by atoms with Crippen LogP contribution in [0.3, 0.4) is 0 Å². The Hall–Kier alpha value is -1.82. The van der Waals surface area contributed by atoms with Crippen LogP contribution in [0.1, 0.15) is 16.1 Å². The molecule has 2 aromatic rings. The predicted octanol–water partition coefficient (Wildman–Crippen LogP) is 3.47. The molecule has 0 spiro atoms. The van der Waals surface area contributed by atoms with Gasteiger partial charge in [0.05, 0.1) is 5.69 Å². The first-order chi connectivity index (χ1) is 8.38. The van der Waals surface area contributed by atoms with E-state index in [0.29, 0.717) is 5.56 Å². The largest absolute Gasteiger partial charge is 0.432 e. The number of H-pyrrole nitrogens is 1. The van der Waals surface area contributed by atoms with Crippen LogP contribution < -0.4 is 0 Å². The maximum Gasteiger partial charge on any atom is 0.432 e. The summed E-state index contributed by atoms with van der Waals surface area (Å²) >= 11 is 5.26. The van der Waals surface area contributed by atoms with E-state index < -0.39 is 17.1 Å². The maximum absolute atomic E-state index is 12.4. The standard InChI is InChI=1S/C11H6ClF3N2O/c12-10(18)7-3-1-6(2-4-7)8-5-9(17-16-8)11(13,14)15/h1-5H,(H,16,17). The first-order valence-corrected chi connectivity index (χ1v) is 5.18. The Morgan fingerprint density at radius 2 is 1.83 bits per heavy atom. The summed E-state index contributed by atoms with van der Waals surface area (Å²) in [6, 6.07) is 6.70. The van der Waals surface area contributed by atoms with Crippen LogP contribution in [-0.2, 0) is 6.18 Å². The number of carbonyl (C=O) groups is 1. The van der Waals surface area contributed by atoms with E-state index in [1.165, 1.54) is 24.3 Å². The summed E-state index contributed by atoms with van der Waals surface area (Å²) in [6.07, 6.45) is -4.46. The van der Waals surface area contributed by atoms with Crippen molar-refractivity contribution in [2.75, 3.05) is 0 Å². The highest BCUT2D eigenvalue weighted by molar-refractivity contribution is 6.67. The first kappa shape index (κ1) is 12.6. The lowest BCUT2D eigenvalue weighted by atomic mass is 10.1. The summed E-state index contributed by atoms with van der Waals surface area (Å²) in [5, 5.41) is 4.85. The van der Waals surface area contributed by atoms with Gasteiger partial charge in [0.25, 0.3) is 5.24 Å². The average Bonchev–Trinajstić information content (AvgIpc) is 2.78. The topological polar surface area (TPSA) is 45.8 Å². The second kappa shape index (κ2) is 4.45. The quantitative estimate of drug-likeness (QED) is 0.852.